The van der Waals surface area contributed by atoms with Crippen LogP contribution in [-0.4, -0.2) is 62.4 Å². The van der Waals surface area contributed by atoms with E-state index in [2.05, 4.69) is 9.97 Å². The molecule has 1 aliphatic heterocycles. The third-order valence-corrected chi connectivity index (χ3v) is 5.23. The molecule has 2 aromatic rings. The largest absolute Gasteiger partial charge is 0.394 e. The Kier molecular flexibility index (Phi) is 7.02. The van der Waals surface area contributed by atoms with Gasteiger partial charge in [0.1, 0.15) is 0 Å². The van der Waals surface area contributed by atoms with Crippen LogP contribution >= 0.6 is 23.2 Å². The first-order valence-corrected chi connectivity index (χ1v) is 9.89. The van der Waals surface area contributed by atoms with Gasteiger partial charge in [-0.3, -0.25) is 9.59 Å². The van der Waals surface area contributed by atoms with Crippen LogP contribution in [0.15, 0.2) is 42.2 Å². The van der Waals surface area contributed by atoms with Crippen LogP contribution in [0.1, 0.15) is 18.5 Å². The summed E-state index contributed by atoms with van der Waals surface area (Å²) in [6.45, 7) is 1.40. The van der Waals surface area contributed by atoms with E-state index in [0.29, 0.717) is 16.1 Å². The lowest BCUT2D eigenvalue weighted by Gasteiger charge is -2.45. The molecule has 1 aromatic carbocycles. The van der Waals surface area contributed by atoms with Gasteiger partial charge in [0.05, 0.1) is 31.1 Å². The van der Waals surface area contributed by atoms with Crippen LogP contribution in [0.3, 0.4) is 0 Å². The van der Waals surface area contributed by atoms with Crippen molar-refractivity contribution >= 4 is 35.0 Å². The first-order valence-electron chi connectivity index (χ1n) is 9.08. The van der Waals surface area contributed by atoms with Gasteiger partial charge in [-0.2, -0.15) is 0 Å². The van der Waals surface area contributed by atoms with E-state index < -0.39 is 17.9 Å². The van der Waals surface area contributed by atoms with Crippen LogP contribution < -0.4 is 0 Å². The van der Waals surface area contributed by atoms with Gasteiger partial charge in [-0.05, 0) is 23.8 Å². The van der Waals surface area contributed by atoms with Crippen LogP contribution in [-0.2, 0) is 9.59 Å². The van der Waals surface area contributed by atoms with Gasteiger partial charge >= 0.3 is 0 Å². The van der Waals surface area contributed by atoms with Gasteiger partial charge < -0.3 is 14.9 Å². The molecule has 3 rings (SSSR count). The van der Waals surface area contributed by atoms with Gasteiger partial charge in [0, 0.05) is 42.2 Å². The fourth-order valence-corrected chi connectivity index (χ4v) is 3.84. The summed E-state index contributed by atoms with van der Waals surface area (Å²) in [5, 5.41) is 10.1. The zero-order valence-electron chi connectivity index (χ0n) is 16.0. The zero-order chi connectivity index (χ0) is 21.8. The van der Waals surface area contributed by atoms with Crippen LogP contribution in [0.5, 0.6) is 0 Å². The summed E-state index contributed by atoms with van der Waals surface area (Å²) in [7, 11) is 0. The molecule has 10 heteroatoms. The molecule has 0 spiro atoms. The molecule has 30 heavy (non-hydrogen) atoms. The second-order valence-corrected chi connectivity index (χ2v) is 7.49. The van der Waals surface area contributed by atoms with Crippen molar-refractivity contribution in [2.75, 3.05) is 19.7 Å². The minimum atomic E-state index is -0.565. The highest BCUT2D eigenvalue weighted by atomic mass is 35.5. The SMILES string of the molecule is CC(=O)N1C[C@H](CO)N(C(=O)/C=C\Cl)C[C@H]1c1cc(Cl)cc(-c2ncc(F)cn2)c1. The van der Waals surface area contributed by atoms with Crippen molar-refractivity contribution in [3.05, 3.63) is 58.6 Å². The van der Waals surface area contributed by atoms with Crippen molar-refractivity contribution in [3.63, 3.8) is 0 Å². The summed E-state index contributed by atoms with van der Waals surface area (Å²) < 4.78 is 13.2. The van der Waals surface area contributed by atoms with Crippen molar-refractivity contribution in [1.82, 2.24) is 19.8 Å². The molecule has 1 aromatic heterocycles. The summed E-state index contributed by atoms with van der Waals surface area (Å²) in [5.41, 5.74) is 2.31. The average Bonchev–Trinajstić information content (AvgIpc) is 2.72. The second kappa shape index (κ2) is 9.51. The standard InChI is InChI=1S/C20H19Cl2FN4O3/c1-12(29)26-9-17(11-28)27(19(30)2-3-21)10-18(26)13-4-14(6-15(22)5-13)20-24-7-16(23)8-25-20/h2-8,17-18,28H,9-11H2,1H3/b3-2-/t17-,18+/m1/s1. The van der Waals surface area contributed by atoms with Gasteiger partial charge in [-0.1, -0.05) is 23.2 Å². The second-order valence-electron chi connectivity index (χ2n) is 6.80. The zero-order valence-corrected chi connectivity index (χ0v) is 17.5. The molecule has 2 heterocycles. The molecule has 1 aliphatic rings. The molecule has 1 fully saturated rings. The lowest BCUT2D eigenvalue weighted by atomic mass is 9.97. The highest BCUT2D eigenvalue weighted by Gasteiger charge is 2.37. The fraction of sp³-hybridized carbons (Fsp3) is 0.300. The fourth-order valence-electron chi connectivity index (χ4n) is 3.49. The molecule has 2 amide bonds. The monoisotopic (exact) mass is 452 g/mol. The van der Waals surface area contributed by atoms with Crippen molar-refractivity contribution < 1.29 is 19.1 Å². The normalized spacial score (nSPS) is 19.4. The van der Waals surface area contributed by atoms with Crippen LogP contribution in [0.25, 0.3) is 11.4 Å². The number of hydrogen-bond acceptors (Lipinski definition) is 5. The summed E-state index contributed by atoms with van der Waals surface area (Å²) in [6, 6.07) is 3.99. The first-order chi connectivity index (χ1) is 14.3. The number of benzene rings is 1. The van der Waals surface area contributed by atoms with Crippen molar-refractivity contribution in [2.45, 2.75) is 19.0 Å². The molecule has 1 saturated heterocycles. The number of amides is 2. The van der Waals surface area contributed by atoms with Gasteiger partial charge in [0.25, 0.3) is 0 Å². The quantitative estimate of drug-likeness (QED) is 0.720. The number of piperazine rings is 1. The molecule has 0 unspecified atom stereocenters. The van der Waals surface area contributed by atoms with Crippen molar-refractivity contribution in [2.24, 2.45) is 0 Å². The molecule has 7 nitrogen and oxygen atoms in total. The maximum absolute atomic E-state index is 13.2. The highest BCUT2D eigenvalue weighted by Crippen LogP contribution is 2.33. The Hall–Kier alpha value is -2.55. The van der Waals surface area contributed by atoms with E-state index in [-0.39, 0.29) is 37.3 Å². The molecular formula is C20H19Cl2FN4O3. The van der Waals surface area contributed by atoms with E-state index in [1.54, 1.807) is 23.1 Å². The third-order valence-electron chi connectivity index (χ3n) is 4.88. The minimum Gasteiger partial charge on any atom is -0.394 e. The number of hydrogen-bond donors (Lipinski definition) is 1. The number of nitrogens with zero attached hydrogens (tertiary/aromatic N) is 4. The molecule has 0 bridgehead atoms. The van der Waals surface area contributed by atoms with E-state index >= 15 is 0 Å². The number of aromatic nitrogens is 2. The predicted molar refractivity (Wildman–Crippen MR) is 110 cm³/mol. The molecule has 2 atom stereocenters. The Labute approximate surface area is 182 Å². The average molecular weight is 453 g/mol. The number of halogens is 3. The van der Waals surface area contributed by atoms with E-state index in [9.17, 15) is 19.1 Å². The minimum absolute atomic E-state index is 0.134. The Balaban J connectivity index is 2.03. The maximum atomic E-state index is 13.2. The van der Waals surface area contributed by atoms with Crippen LogP contribution in [0.4, 0.5) is 4.39 Å². The van der Waals surface area contributed by atoms with Crippen LogP contribution in [0, 0.1) is 5.82 Å². The number of rotatable bonds is 4. The lowest BCUT2D eigenvalue weighted by Crippen LogP contribution is -2.58. The number of carbonyl (C=O) groups excluding carboxylic acids is 2. The Morgan fingerprint density at radius 3 is 2.53 bits per heavy atom. The van der Waals surface area contributed by atoms with E-state index in [1.807, 2.05) is 0 Å². The van der Waals surface area contributed by atoms with E-state index in [0.717, 1.165) is 17.9 Å². The van der Waals surface area contributed by atoms with Crippen LogP contribution in [0.2, 0.25) is 5.02 Å². The summed E-state index contributed by atoms with van der Waals surface area (Å²) in [4.78, 5) is 35.8. The highest BCUT2D eigenvalue weighted by molar-refractivity contribution is 6.31. The Morgan fingerprint density at radius 2 is 1.93 bits per heavy atom. The summed E-state index contributed by atoms with van der Waals surface area (Å²) in [5.74, 6) is -0.872. The lowest BCUT2D eigenvalue weighted by molar-refractivity contribution is -0.144. The topological polar surface area (TPSA) is 86.6 Å². The number of aliphatic hydroxyl groups is 1. The molecule has 0 saturated carbocycles. The number of carbonyl (C=O) groups is 2. The van der Waals surface area contributed by atoms with Gasteiger partial charge in [0.2, 0.25) is 11.8 Å². The Bertz CT molecular complexity index is 971. The molecular weight excluding hydrogens is 434 g/mol. The van der Waals surface area contributed by atoms with Crippen molar-refractivity contribution in [1.29, 1.82) is 0 Å². The molecule has 1 N–H and O–H groups in total. The summed E-state index contributed by atoms with van der Waals surface area (Å²) in [6.07, 6.45) is 3.30. The number of aliphatic hydroxyl groups excluding tert-OH is 1. The van der Waals surface area contributed by atoms with Gasteiger partial charge in [-0.25, -0.2) is 14.4 Å². The predicted octanol–water partition coefficient (Wildman–Crippen LogP) is 2.78. The van der Waals surface area contributed by atoms with E-state index in [1.165, 1.54) is 17.9 Å². The molecule has 0 aliphatic carbocycles. The maximum Gasteiger partial charge on any atom is 0.247 e. The first kappa shape index (κ1) is 22.1. The van der Waals surface area contributed by atoms with Gasteiger partial charge in [-0.15, -0.1) is 0 Å². The summed E-state index contributed by atoms with van der Waals surface area (Å²) >= 11 is 11.8. The van der Waals surface area contributed by atoms with Crippen molar-refractivity contribution in [3.8, 4) is 11.4 Å². The smallest absolute Gasteiger partial charge is 0.247 e. The molecule has 158 valence electrons. The molecule has 0 radical (unpaired) electrons. The van der Waals surface area contributed by atoms with Gasteiger partial charge in [0.15, 0.2) is 11.6 Å². The Morgan fingerprint density at radius 1 is 1.23 bits per heavy atom. The van der Waals surface area contributed by atoms with E-state index in [4.69, 9.17) is 23.2 Å². The third kappa shape index (κ3) is 4.77.